The van der Waals surface area contributed by atoms with Crippen LogP contribution in [0.4, 0.5) is 0 Å². The van der Waals surface area contributed by atoms with Crippen molar-refractivity contribution in [1.29, 1.82) is 0 Å². The summed E-state index contributed by atoms with van der Waals surface area (Å²) in [6, 6.07) is 71.5. The molecule has 7 aromatic rings. The third kappa shape index (κ3) is 15.4. The first kappa shape index (κ1) is 50.7. The molecule has 0 saturated carbocycles. The van der Waals surface area contributed by atoms with Crippen LogP contribution < -0.4 is 0 Å². The molecule has 1 saturated heterocycles. The second-order valence-electron chi connectivity index (χ2n) is 18.3. The molecule has 0 radical (unpaired) electrons. The van der Waals surface area contributed by atoms with Gasteiger partial charge in [-0.05, 0) is 51.4 Å². The number of ether oxygens (including phenoxy) is 9. The topological polar surface area (TPSA) is 83.1 Å². The summed E-state index contributed by atoms with van der Waals surface area (Å²) in [5.41, 5.74) is 7.43. The van der Waals surface area contributed by atoms with Crippen molar-refractivity contribution in [3.8, 4) is 0 Å². The minimum absolute atomic E-state index is 0.275. The van der Waals surface area contributed by atoms with Gasteiger partial charge in [-0.15, -0.1) is 0 Å². The van der Waals surface area contributed by atoms with Gasteiger partial charge in [0, 0.05) is 6.42 Å². The molecule has 9 nitrogen and oxygen atoms in total. The summed E-state index contributed by atoms with van der Waals surface area (Å²) in [6.07, 6.45) is -0.837. The molecule has 0 unspecified atom stereocenters. The van der Waals surface area contributed by atoms with Gasteiger partial charge in [0.1, 0.15) is 36.6 Å². The Balaban J connectivity index is 1.02. The quantitative estimate of drug-likeness (QED) is 0.0527. The van der Waals surface area contributed by atoms with Crippen molar-refractivity contribution in [3.05, 3.63) is 263 Å². The predicted molar refractivity (Wildman–Crippen MR) is 278 cm³/mol. The molecule has 0 spiro atoms. The van der Waals surface area contributed by atoms with E-state index in [1.54, 1.807) is 0 Å². The maximum atomic E-state index is 7.26. The van der Waals surface area contributed by atoms with Crippen molar-refractivity contribution >= 4 is 0 Å². The lowest BCUT2D eigenvalue weighted by Gasteiger charge is -2.46. The Bertz CT molecular complexity index is 2590. The van der Waals surface area contributed by atoms with Crippen molar-refractivity contribution in [2.24, 2.45) is 0 Å². The average molecular weight is 967 g/mol. The molecule has 372 valence electrons. The van der Waals surface area contributed by atoms with Gasteiger partial charge in [-0.1, -0.05) is 212 Å². The zero-order valence-corrected chi connectivity index (χ0v) is 40.9. The van der Waals surface area contributed by atoms with Crippen LogP contribution in [0.15, 0.2) is 224 Å². The molecule has 2 heterocycles. The Morgan fingerprint density at radius 3 is 1.03 bits per heavy atom. The van der Waals surface area contributed by atoms with Crippen LogP contribution in [0.5, 0.6) is 0 Å². The summed E-state index contributed by atoms with van der Waals surface area (Å²) in [5, 5.41) is 0. The smallest absolute Gasteiger partial charge is 0.150 e. The molecule has 2 aliphatic heterocycles. The lowest BCUT2D eigenvalue weighted by molar-refractivity contribution is -0.273. The summed E-state index contributed by atoms with van der Waals surface area (Å²) in [5.74, 6) is 0.771. The molecule has 7 aromatic carbocycles. The van der Waals surface area contributed by atoms with Gasteiger partial charge in [0.15, 0.2) is 6.10 Å². The van der Waals surface area contributed by atoms with Crippen LogP contribution in [-0.4, -0.2) is 62.0 Å². The zero-order chi connectivity index (χ0) is 48.8. The molecule has 0 N–H and O–H groups in total. The van der Waals surface area contributed by atoms with Gasteiger partial charge in [-0.3, -0.25) is 0 Å². The van der Waals surface area contributed by atoms with E-state index in [1.165, 1.54) is 0 Å². The lowest BCUT2D eigenvalue weighted by atomic mass is 9.91. The maximum absolute atomic E-state index is 7.26. The third-order valence-electron chi connectivity index (χ3n) is 13.0. The third-order valence-corrected chi connectivity index (χ3v) is 13.0. The van der Waals surface area contributed by atoms with E-state index in [9.17, 15) is 0 Å². The van der Waals surface area contributed by atoms with E-state index in [0.717, 1.165) is 44.7 Å². The second-order valence-corrected chi connectivity index (χ2v) is 18.3. The van der Waals surface area contributed by atoms with Crippen molar-refractivity contribution < 1.29 is 42.6 Å². The monoisotopic (exact) mass is 966 g/mol. The van der Waals surface area contributed by atoms with Gasteiger partial charge < -0.3 is 42.6 Å². The van der Waals surface area contributed by atoms with E-state index in [4.69, 9.17) is 42.6 Å². The van der Waals surface area contributed by atoms with Crippen LogP contribution in [0.1, 0.15) is 51.8 Å². The van der Waals surface area contributed by atoms with Gasteiger partial charge in [0.2, 0.25) is 0 Å². The lowest BCUT2D eigenvalue weighted by Crippen LogP contribution is -2.61. The fourth-order valence-corrected chi connectivity index (χ4v) is 9.21. The fraction of sp³-hybridized carbons (Fsp3) is 0.302. The molecule has 9 heteroatoms. The van der Waals surface area contributed by atoms with E-state index < -0.39 is 48.8 Å². The minimum Gasteiger partial charge on any atom is -0.490 e. The highest BCUT2D eigenvalue weighted by Gasteiger charge is 2.48. The van der Waals surface area contributed by atoms with Gasteiger partial charge in [-0.2, -0.15) is 0 Å². The summed E-state index contributed by atoms with van der Waals surface area (Å²) in [6.45, 7) is 3.28. The van der Waals surface area contributed by atoms with Crippen LogP contribution in [0, 0.1) is 0 Å². The van der Waals surface area contributed by atoms with E-state index >= 15 is 0 Å². The van der Waals surface area contributed by atoms with Gasteiger partial charge in [-0.25, -0.2) is 0 Å². The van der Waals surface area contributed by atoms with Gasteiger partial charge in [0.25, 0.3) is 0 Å². The normalized spacial score (nSPS) is 21.9. The van der Waals surface area contributed by atoms with Crippen LogP contribution in [-0.2, 0) is 88.9 Å². The predicted octanol–water partition coefficient (Wildman–Crippen LogP) is 12.2. The Morgan fingerprint density at radius 1 is 0.306 bits per heavy atom. The zero-order valence-electron chi connectivity index (χ0n) is 40.9. The Labute approximate surface area is 425 Å². The number of hydrogen-bond acceptors (Lipinski definition) is 9. The van der Waals surface area contributed by atoms with Crippen LogP contribution in [0.25, 0.3) is 0 Å². The highest BCUT2D eigenvalue weighted by Crippen LogP contribution is 2.35. The Hall–Kier alpha value is -6.24. The first-order valence-electron chi connectivity index (χ1n) is 25.2. The SMILES string of the molecule is C1=C(CC[C@H]2O[C@H](COCc3ccccc3)[C@@H](OCc3ccccc3)[C@H](OCc3ccccc3)[C@@H]2OCc2ccccc2)O[C@H](COCc2ccccc2)[C@@H](OCc2ccccc2)[C@@H]1OCc1ccccc1. The molecular formula is C63H66O9. The van der Waals surface area contributed by atoms with E-state index in [1.807, 2.05) is 127 Å². The number of allylic oxidation sites excluding steroid dienone is 1. The van der Waals surface area contributed by atoms with Crippen LogP contribution in [0.2, 0.25) is 0 Å². The average Bonchev–Trinajstić information content (AvgIpc) is 3.44. The first-order chi connectivity index (χ1) is 35.7. The molecule has 0 amide bonds. The molecule has 0 bridgehead atoms. The maximum Gasteiger partial charge on any atom is 0.150 e. The molecule has 2 aliphatic rings. The van der Waals surface area contributed by atoms with Gasteiger partial charge in [0.05, 0.1) is 71.3 Å². The highest BCUT2D eigenvalue weighted by molar-refractivity contribution is 5.20. The molecule has 8 atom stereocenters. The van der Waals surface area contributed by atoms with E-state index in [0.29, 0.717) is 59.1 Å². The Morgan fingerprint density at radius 2 is 0.625 bits per heavy atom. The van der Waals surface area contributed by atoms with Crippen molar-refractivity contribution in [2.45, 2.75) is 108 Å². The molecule has 9 rings (SSSR count). The summed E-state index contributed by atoms with van der Waals surface area (Å²) >= 11 is 0. The van der Waals surface area contributed by atoms with Gasteiger partial charge >= 0.3 is 0 Å². The molecular weight excluding hydrogens is 901 g/mol. The van der Waals surface area contributed by atoms with E-state index in [-0.39, 0.29) is 13.2 Å². The standard InChI is InChI=1S/C63H66O9/c1-8-22-48(23-9-1)39-64-46-58-60(67-42-51-28-14-4-15-29-51)57(66-41-50-26-12-3-13-27-50)38-55(71-58)36-37-56-61(68-43-52-30-16-5-17-31-52)63(70-45-54-34-20-7-21-35-54)62(69-44-53-32-18-6-19-33-53)59(72-56)47-65-40-49-24-10-2-11-25-49/h1-35,38,56-63H,36-37,39-47H2/t56-,57-,58-,59-,60+,61-,62-,63-/m1/s1. The minimum atomic E-state index is -0.545. The fourth-order valence-electron chi connectivity index (χ4n) is 9.21. The van der Waals surface area contributed by atoms with Crippen molar-refractivity contribution in [1.82, 2.24) is 0 Å². The van der Waals surface area contributed by atoms with Crippen LogP contribution >= 0.6 is 0 Å². The second kappa shape index (κ2) is 27.5. The number of rotatable bonds is 26. The highest BCUT2D eigenvalue weighted by atomic mass is 16.6. The molecule has 0 aromatic heterocycles. The summed E-state index contributed by atoms with van der Waals surface area (Å²) < 4.78 is 61.9. The van der Waals surface area contributed by atoms with Crippen molar-refractivity contribution in [3.63, 3.8) is 0 Å². The molecule has 0 aliphatic carbocycles. The Kier molecular flexibility index (Phi) is 19.4. The van der Waals surface area contributed by atoms with Crippen LogP contribution in [0.3, 0.4) is 0 Å². The number of benzene rings is 7. The van der Waals surface area contributed by atoms with Crippen molar-refractivity contribution in [2.75, 3.05) is 13.2 Å². The molecule has 1 fully saturated rings. The summed E-state index contributed by atoms with van der Waals surface area (Å²) in [4.78, 5) is 0. The first-order valence-corrected chi connectivity index (χ1v) is 25.2. The van der Waals surface area contributed by atoms with E-state index in [2.05, 4.69) is 91.0 Å². The molecule has 72 heavy (non-hydrogen) atoms. The largest absolute Gasteiger partial charge is 0.490 e. The number of hydrogen-bond donors (Lipinski definition) is 0. The summed E-state index contributed by atoms with van der Waals surface area (Å²) in [7, 11) is 0.